The Balaban J connectivity index is 2.01. The molecule has 1 amide bonds. The minimum atomic E-state index is -4.85. The molecule has 0 bridgehead atoms. The highest BCUT2D eigenvalue weighted by Gasteiger charge is 2.35. The first-order chi connectivity index (χ1) is 16.9. The van der Waals surface area contributed by atoms with E-state index in [0.29, 0.717) is 12.3 Å². The number of pyridine rings is 3. The van der Waals surface area contributed by atoms with E-state index in [1.165, 1.54) is 6.07 Å². The van der Waals surface area contributed by atoms with Crippen molar-refractivity contribution >= 4 is 23.1 Å². The number of aromatic amines is 1. The van der Waals surface area contributed by atoms with E-state index in [9.17, 15) is 36.3 Å². The fraction of sp³-hybridized carbons (Fsp3) is 0.0870. The maximum atomic E-state index is 14.1. The number of primary amides is 1. The molecule has 0 radical (unpaired) electrons. The fourth-order valence-electron chi connectivity index (χ4n) is 3.63. The molecule has 0 aliphatic heterocycles. The molecule has 0 fully saturated rings. The van der Waals surface area contributed by atoms with Crippen LogP contribution in [0.15, 0.2) is 41.5 Å². The van der Waals surface area contributed by atoms with Gasteiger partial charge in [-0.3, -0.25) is 19.4 Å². The van der Waals surface area contributed by atoms with Crippen LogP contribution in [0, 0.1) is 18.6 Å². The van der Waals surface area contributed by atoms with Crippen molar-refractivity contribution in [2.45, 2.75) is 13.1 Å². The lowest BCUT2D eigenvalue weighted by Crippen LogP contribution is -2.18. The summed E-state index contributed by atoms with van der Waals surface area (Å²) < 4.78 is 74.0. The van der Waals surface area contributed by atoms with Gasteiger partial charge in [0.05, 0.1) is 33.3 Å². The summed E-state index contributed by atoms with van der Waals surface area (Å²) in [7, 11) is 0. The maximum Gasteiger partial charge on any atom is 0.418 e. The molecule has 0 aliphatic carbocycles. The Morgan fingerprint density at radius 3 is 2.53 bits per heavy atom. The van der Waals surface area contributed by atoms with Crippen molar-refractivity contribution in [1.82, 2.24) is 15.0 Å². The molecule has 0 saturated carbocycles. The summed E-state index contributed by atoms with van der Waals surface area (Å²) in [4.78, 5) is 46.0. The molecule has 4 aromatic rings. The summed E-state index contributed by atoms with van der Waals surface area (Å²) in [6.45, 7) is 1.09. The van der Waals surface area contributed by atoms with Gasteiger partial charge < -0.3 is 15.5 Å². The van der Waals surface area contributed by atoms with Crippen LogP contribution < -0.4 is 15.9 Å². The topological polar surface area (TPSA) is 128 Å². The van der Waals surface area contributed by atoms with Gasteiger partial charge in [-0.25, -0.2) is 13.8 Å². The zero-order chi connectivity index (χ0) is 26.4. The highest BCUT2D eigenvalue weighted by Crippen LogP contribution is 2.41. The van der Waals surface area contributed by atoms with Crippen molar-refractivity contribution in [2.24, 2.45) is 5.73 Å². The number of alkyl halides is 3. The monoisotopic (exact) mass is 504 g/mol. The quantitative estimate of drug-likeness (QED) is 0.308. The Bertz CT molecular complexity index is 1620. The van der Waals surface area contributed by atoms with Gasteiger partial charge in [0.1, 0.15) is 11.4 Å². The van der Waals surface area contributed by atoms with Crippen LogP contribution in [0.4, 0.5) is 22.0 Å². The molecule has 184 valence electrons. The smallest absolute Gasteiger partial charge is 0.418 e. The van der Waals surface area contributed by atoms with Gasteiger partial charge in [0.2, 0.25) is 5.88 Å². The zero-order valence-electron chi connectivity index (χ0n) is 18.0. The number of hydrogen-bond donors (Lipinski definition) is 2. The number of H-pyrrole nitrogens is 1. The number of aromatic nitrogens is 3. The number of rotatable bonds is 5. The zero-order valence-corrected chi connectivity index (χ0v) is 18.0. The standard InChI is InChI=1S/C23H13F5N4O4/c1-9-11(23(26,27)28)7-31-22(36-16-3-2-12(24)19(25)10(16)8-33)17(9)14-6-15(34)18-13(32-14)4-5-30-20(18)21(29)35/h2-8H,1H3,(H2,29,35)(H,32,34). The predicted octanol–water partition coefficient (Wildman–Crippen LogP) is 4.29. The molecule has 0 unspecified atom stereocenters. The number of fused-ring (bicyclic) bond motifs is 1. The summed E-state index contributed by atoms with van der Waals surface area (Å²) in [5, 5.41) is -0.197. The molecule has 4 rings (SSSR count). The minimum Gasteiger partial charge on any atom is -0.437 e. The predicted molar refractivity (Wildman–Crippen MR) is 116 cm³/mol. The first kappa shape index (κ1) is 24.4. The van der Waals surface area contributed by atoms with Crippen molar-refractivity contribution in [2.75, 3.05) is 0 Å². The van der Waals surface area contributed by atoms with E-state index in [0.717, 1.165) is 25.3 Å². The maximum absolute atomic E-state index is 14.1. The molecule has 3 N–H and O–H groups in total. The van der Waals surface area contributed by atoms with E-state index in [-0.39, 0.29) is 34.1 Å². The number of amides is 1. The van der Waals surface area contributed by atoms with Crippen LogP contribution in [0.1, 0.15) is 32.0 Å². The molecule has 1 aromatic carbocycles. The fourth-order valence-corrected chi connectivity index (χ4v) is 3.63. The normalized spacial score (nSPS) is 11.5. The lowest BCUT2D eigenvalue weighted by Gasteiger charge is -2.18. The van der Waals surface area contributed by atoms with Crippen LogP contribution in [0.5, 0.6) is 11.6 Å². The number of carbonyl (C=O) groups is 2. The van der Waals surface area contributed by atoms with Crippen LogP contribution in [-0.4, -0.2) is 27.1 Å². The van der Waals surface area contributed by atoms with E-state index >= 15 is 0 Å². The summed E-state index contributed by atoms with van der Waals surface area (Å²) in [6, 6.07) is 3.74. The second-order valence-electron chi connectivity index (χ2n) is 7.46. The van der Waals surface area contributed by atoms with Crippen molar-refractivity contribution in [1.29, 1.82) is 0 Å². The highest BCUT2D eigenvalue weighted by molar-refractivity contribution is 6.03. The third-order valence-electron chi connectivity index (χ3n) is 5.27. The number of halogens is 5. The molecule has 3 aromatic heterocycles. The second kappa shape index (κ2) is 8.83. The van der Waals surface area contributed by atoms with E-state index in [4.69, 9.17) is 10.5 Å². The van der Waals surface area contributed by atoms with Crippen LogP contribution in [-0.2, 0) is 6.18 Å². The van der Waals surface area contributed by atoms with Crippen LogP contribution in [0.25, 0.3) is 22.2 Å². The van der Waals surface area contributed by atoms with Gasteiger partial charge in [0.15, 0.2) is 23.3 Å². The van der Waals surface area contributed by atoms with Gasteiger partial charge >= 0.3 is 6.18 Å². The third-order valence-corrected chi connectivity index (χ3v) is 5.27. The van der Waals surface area contributed by atoms with E-state index < -0.39 is 57.5 Å². The summed E-state index contributed by atoms with van der Waals surface area (Å²) >= 11 is 0. The Morgan fingerprint density at radius 1 is 1.17 bits per heavy atom. The van der Waals surface area contributed by atoms with E-state index in [1.807, 2.05) is 0 Å². The molecule has 0 saturated heterocycles. The van der Waals surface area contributed by atoms with Crippen LogP contribution >= 0.6 is 0 Å². The first-order valence-corrected chi connectivity index (χ1v) is 9.94. The number of nitrogens with two attached hydrogens (primary N) is 1. The Kier molecular flexibility index (Phi) is 6.00. The van der Waals surface area contributed by atoms with Crippen LogP contribution in [0.3, 0.4) is 0 Å². The van der Waals surface area contributed by atoms with E-state index in [2.05, 4.69) is 15.0 Å². The molecular formula is C23H13F5N4O4. The van der Waals surface area contributed by atoms with Crippen molar-refractivity contribution < 1.29 is 36.3 Å². The van der Waals surface area contributed by atoms with Gasteiger partial charge in [0.25, 0.3) is 5.91 Å². The van der Waals surface area contributed by atoms with Gasteiger partial charge in [0, 0.05) is 18.5 Å². The molecular weight excluding hydrogens is 491 g/mol. The van der Waals surface area contributed by atoms with Gasteiger partial charge in [-0.15, -0.1) is 0 Å². The second-order valence-corrected chi connectivity index (χ2v) is 7.46. The van der Waals surface area contributed by atoms with Gasteiger partial charge in [-0.2, -0.15) is 13.2 Å². The lowest BCUT2D eigenvalue weighted by atomic mass is 10.0. The number of nitrogens with one attached hydrogen (secondary N) is 1. The third kappa shape index (κ3) is 4.15. The Hall–Kier alpha value is -4.68. The van der Waals surface area contributed by atoms with Crippen molar-refractivity contribution in [3.63, 3.8) is 0 Å². The molecule has 0 aliphatic rings. The van der Waals surface area contributed by atoms with Crippen molar-refractivity contribution in [3.05, 3.63) is 80.9 Å². The SMILES string of the molecule is Cc1c(C(F)(F)F)cnc(Oc2ccc(F)c(F)c2C=O)c1-c1cc(=O)c2c(C(N)=O)nccc2[nH]1. The molecule has 36 heavy (non-hydrogen) atoms. The number of nitrogens with zero attached hydrogens (tertiary/aromatic N) is 2. The molecule has 13 heteroatoms. The summed E-state index contributed by atoms with van der Waals surface area (Å²) in [5.41, 5.74) is 1.12. The number of benzene rings is 1. The average Bonchev–Trinajstić information content (AvgIpc) is 2.80. The highest BCUT2D eigenvalue weighted by atomic mass is 19.4. The number of carbonyl (C=O) groups excluding carboxylic acids is 2. The number of hydrogen-bond acceptors (Lipinski definition) is 6. The average molecular weight is 504 g/mol. The Labute approximate surface area is 197 Å². The number of ether oxygens (including phenoxy) is 1. The molecule has 0 spiro atoms. The van der Waals surface area contributed by atoms with Gasteiger partial charge in [-0.05, 0) is 30.7 Å². The van der Waals surface area contributed by atoms with E-state index in [1.54, 1.807) is 0 Å². The largest absolute Gasteiger partial charge is 0.437 e. The minimum absolute atomic E-state index is 0.0190. The number of aldehydes is 1. The Morgan fingerprint density at radius 2 is 1.89 bits per heavy atom. The first-order valence-electron chi connectivity index (χ1n) is 9.94. The molecule has 3 heterocycles. The van der Waals surface area contributed by atoms with Crippen molar-refractivity contribution in [3.8, 4) is 22.9 Å². The summed E-state index contributed by atoms with van der Waals surface area (Å²) in [6.07, 6.45) is -3.25. The van der Waals surface area contributed by atoms with Crippen LogP contribution in [0.2, 0.25) is 0 Å². The molecule has 8 nitrogen and oxygen atoms in total. The van der Waals surface area contributed by atoms with Gasteiger partial charge in [-0.1, -0.05) is 0 Å². The molecule has 0 atom stereocenters. The summed E-state index contributed by atoms with van der Waals surface area (Å²) in [5.74, 6) is -4.95. The lowest BCUT2D eigenvalue weighted by molar-refractivity contribution is -0.138.